The minimum absolute atomic E-state index is 0.213. The van der Waals surface area contributed by atoms with Gasteiger partial charge in [-0.3, -0.25) is 0 Å². The van der Waals surface area contributed by atoms with Crippen molar-refractivity contribution >= 4 is 10.9 Å². The maximum Gasteiger partial charge on any atom is 0.0489 e. The van der Waals surface area contributed by atoms with Gasteiger partial charge in [0.1, 0.15) is 0 Å². The molecule has 0 aliphatic heterocycles. The maximum absolute atomic E-state index is 3.41. The monoisotopic (exact) mass is 201 g/mol. The normalized spacial score (nSPS) is 12.3. The van der Waals surface area contributed by atoms with Gasteiger partial charge < -0.3 is 4.98 Å². The topological polar surface area (TPSA) is 15.8 Å². The van der Waals surface area contributed by atoms with Gasteiger partial charge in [-0.05, 0) is 23.0 Å². The van der Waals surface area contributed by atoms with Crippen molar-refractivity contribution in [2.45, 2.75) is 39.5 Å². The van der Waals surface area contributed by atoms with Gasteiger partial charge in [-0.25, -0.2) is 0 Å². The molecule has 0 unspecified atom stereocenters. The van der Waals surface area contributed by atoms with E-state index in [1.54, 1.807) is 0 Å². The van der Waals surface area contributed by atoms with Crippen LogP contribution in [0.3, 0.4) is 0 Å². The van der Waals surface area contributed by atoms with E-state index in [1.165, 1.54) is 22.0 Å². The highest BCUT2D eigenvalue weighted by molar-refractivity contribution is 5.86. The fraction of sp³-hybridized carbons (Fsp3) is 0.429. The number of benzene rings is 1. The second-order valence-corrected chi connectivity index (χ2v) is 5.15. The lowest BCUT2D eigenvalue weighted by molar-refractivity contribution is 0.596. The Labute approximate surface area is 91.5 Å². The Kier molecular flexibility index (Phi) is 2.34. The van der Waals surface area contributed by atoms with Gasteiger partial charge in [-0.1, -0.05) is 45.9 Å². The minimum atomic E-state index is 0.213. The number of hydrogen-bond acceptors (Lipinski definition) is 0. The van der Waals surface area contributed by atoms with E-state index in [2.05, 4.69) is 57.1 Å². The van der Waals surface area contributed by atoms with Crippen molar-refractivity contribution in [1.82, 2.24) is 4.98 Å². The van der Waals surface area contributed by atoms with Gasteiger partial charge in [0.05, 0.1) is 0 Å². The number of hydrogen-bond donors (Lipinski definition) is 1. The minimum Gasteiger partial charge on any atom is -0.361 e. The largest absolute Gasteiger partial charge is 0.361 e. The summed E-state index contributed by atoms with van der Waals surface area (Å²) in [4.78, 5) is 3.41. The van der Waals surface area contributed by atoms with Crippen molar-refractivity contribution in [2.75, 3.05) is 0 Å². The van der Waals surface area contributed by atoms with Crippen LogP contribution in [0.4, 0.5) is 0 Å². The van der Waals surface area contributed by atoms with Crippen LogP contribution in [0.1, 0.15) is 38.8 Å². The third-order valence-electron chi connectivity index (χ3n) is 2.99. The molecule has 0 saturated carbocycles. The Morgan fingerprint density at radius 1 is 1.20 bits per heavy atom. The zero-order valence-electron chi connectivity index (χ0n) is 10.0. The predicted molar refractivity (Wildman–Crippen MR) is 66.4 cm³/mol. The van der Waals surface area contributed by atoms with Crippen LogP contribution >= 0.6 is 0 Å². The molecule has 1 heteroatoms. The smallest absolute Gasteiger partial charge is 0.0489 e. The Morgan fingerprint density at radius 3 is 2.53 bits per heavy atom. The van der Waals surface area contributed by atoms with Crippen LogP contribution in [0.15, 0.2) is 24.4 Å². The molecule has 0 atom stereocenters. The van der Waals surface area contributed by atoms with Crippen molar-refractivity contribution in [3.63, 3.8) is 0 Å². The quantitative estimate of drug-likeness (QED) is 0.717. The summed E-state index contributed by atoms with van der Waals surface area (Å²) in [5.74, 6) is 0. The lowest BCUT2D eigenvalue weighted by atomic mass is 9.86. The van der Waals surface area contributed by atoms with E-state index in [-0.39, 0.29) is 5.41 Å². The molecular weight excluding hydrogens is 182 g/mol. The molecule has 1 nitrogen and oxygen atoms in total. The molecule has 0 bridgehead atoms. The molecular formula is C14H19N. The first-order chi connectivity index (χ1) is 7.04. The van der Waals surface area contributed by atoms with Crippen LogP contribution in [-0.2, 0) is 11.8 Å². The average molecular weight is 201 g/mol. The summed E-state index contributed by atoms with van der Waals surface area (Å²) >= 11 is 0. The highest BCUT2D eigenvalue weighted by Crippen LogP contribution is 2.31. The number of aromatic amines is 1. The molecule has 0 fully saturated rings. The third-order valence-corrected chi connectivity index (χ3v) is 2.99. The number of rotatable bonds is 1. The van der Waals surface area contributed by atoms with Crippen molar-refractivity contribution in [1.29, 1.82) is 0 Å². The van der Waals surface area contributed by atoms with E-state index in [9.17, 15) is 0 Å². The summed E-state index contributed by atoms with van der Waals surface area (Å²) in [6.07, 6.45) is 3.24. The third kappa shape index (κ3) is 1.67. The fourth-order valence-corrected chi connectivity index (χ4v) is 2.13. The number of para-hydroxylation sites is 1. The standard InChI is InChI=1S/C14H19N/c1-5-10-7-6-8-11-12(14(2,3)4)9-15-13(10)11/h6-9,15H,5H2,1-4H3. The molecule has 15 heavy (non-hydrogen) atoms. The van der Waals surface area contributed by atoms with E-state index in [0.29, 0.717) is 0 Å². The van der Waals surface area contributed by atoms with Gasteiger partial charge in [0, 0.05) is 17.1 Å². The molecule has 2 aromatic rings. The first kappa shape index (κ1) is 10.3. The van der Waals surface area contributed by atoms with Gasteiger partial charge in [0.15, 0.2) is 0 Å². The lowest BCUT2D eigenvalue weighted by Crippen LogP contribution is -2.09. The summed E-state index contributed by atoms with van der Waals surface area (Å²) < 4.78 is 0. The number of H-pyrrole nitrogens is 1. The second-order valence-electron chi connectivity index (χ2n) is 5.15. The first-order valence-corrected chi connectivity index (χ1v) is 5.63. The Balaban J connectivity index is 2.72. The number of aromatic nitrogens is 1. The van der Waals surface area contributed by atoms with Crippen molar-refractivity contribution < 1.29 is 0 Å². The molecule has 1 aromatic carbocycles. The van der Waals surface area contributed by atoms with E-state index >= 15 is 0 Å². The molecule has 0 radical (unpaired) electrons. The van der Waals surface area contributed by atoms with Crippen molar-refractivity contribution in [2.24, 2.45) is 0 Å². The van der Waals surface area contributed by atoms with Crippen LogP contribution in [-0.4, -0.2) is 4.98 Å². The summed E-state index contributed by atoms with van der Waals surface area (Å²) in [6.45, 7) is 8.98. The lowest BCUT2D eigenvalue weighted by Gasteiger charge is -2.17. The van der Waals surface area contributed by atoms with Crippen LogP contribution in [0.5, 0.6) is 0 Å². The molecule has 80 valence electrons. The molecule has 0 saturated heterocycles. The van der Waals surface area contributed by atoms with E-state index < -0.39 is 0 Å². The molecule has 0 aliphatic carbocycles. The molecule has 0 amide bonds. The molecule has 1 heterocycles. The van der Waals surface area contributed by atoms with Crippen molar-refractivity contribution in [3.8, 4) is 0 Å². The maximum atomic E-state index is 3.41. The fourth-order valence-electron chi connectivity index (χ4n) is 2.13. The van der Waals surface area contributed by atoms with E-state index in [1.807, 2.05) is 0 Å². The zero-order valence-corrected chi connectivity index (χ0v) is 10.0. The Hall–Kier alpha value is -1.24. The Bertz CT molecular complexity index is 472. The van der Waals surface area contributed by atoms with Gasteiger partial charge in [-0.15, -0.1) is 0 Å². The summed E-state index contributed by atoms with van der Waals surface area (Å²) in [6, 6.07) is 6.57. The summed E-state index contributed by atoms with van der Waals surface area (Å²) in [5, 5.41) is 1.38. The molecule has 1 N–H and O–H groups in total. The molecule has 0 spiro atoms. The highest BCUT2D eigenvalue weighted by atomic mass is 14.7. The van der Waals surface area contributed by atoms with E-state index in [4.69, 9.17) is 0 Å². The second kappa shape index (κ2) is 3.41. The SMILES string of the molecule is CCc1cccc2c(C(C)(C)C)c[nH]c12. The summed E-state index contributed by atoms with van der Waals surface area (Å²) in [5.41, 5.74) is 4.34. The van der Waals surface area contributed by atoms with Crippen LogP contribution in [0.2, 0.25) is 0 Å². The van der Waals surface area contributed by atoms with Gasteiger partial charge in [-0.2, -0.15) is 0 Å². The number of fused-ring (bicyclic) bond motifs is 1. The summed E-state index contributed by atoms with van der Waals surface area (Å²) in [7, 11) is 0. The van der Waals surface area contributed by atoms with Crippen LogP contribution in [0, 0.1) is 0 Å². The first-order valence-electron chi connectivity index (χ1n) is 5.63. The van der Waals surface area contributed by atoms with Gasteiger partial charge in [0.2, 0.25) is 0 Å². The van der Waals surface area contributed by atoms with Crippen LogP contribution in [0.25, 0.3) is 10.9 Å². The van der Waals surface area contributed by atoms with E-state index in [0.717, 1.165) is 6.42 Å². The molecule has 1 aromatic heterocycles. The van der Waals surface area contributed by atoms with Crippen LogP contribution < -0.4 is 0 Å². The number of aryl methyl sites for hydroxylation is 1. The molecule has 0 aliphatic rings. The zero-order chi connectivity index (χ0) is 11.1. The molecule has 2 rings (SSSR count). The average Bonchev–Trinajstić information content (AvgIpc) is 2.59. The number of nitrogens with one attached hydrogen (secondary N) is 1. The Morgan fingerprint density at radius 2 is 1.93 bits per heavy atom. The van der Waals surface area contributed by atoms with Gasteiger partial charge >= 0.3 is 0 Å². The highest BCUT2D eigenvalue weighted by Gasteiger charge is 2.18. The predicted octanol–water partition coefficient (Wildman–Crippen LogP) is 4.03. The van der Waals surface area contributed by atoms with Crippen molar-refractivity contribution in [3.05, 3.63) is 35.5 Å². The van der Waals surface area contributed by atoms with Gasteiger partial charge in [0.25, 0.3) is 0 Å².